The fourth-order valence-electron chi connectivity index (χ4n) is 5.02. The van der Waals surface area contributed by atoms with Crippen LogP contribution in [0.15, 0.2) is 70.6 Å². The largest absolute Gasteiger partial charge is 0.481 e. The lowest BCUT2D eigenvalue weighted by Crippen LogP contribution is -2.40. The van der Waals surface area contributed by atoms with E-state index in [9.17, 15) is 22.8 Å². The second kappa shape index (κ2) is 13.4. The van der Waals surface area contributed by atoms with Crippen LogP contribution in [-0.4, -0.2) is 80.9 Å². The van der Waals surface area contributed by atoms with Crippen LogP contribution in [0, 0.1) is 5.92 Å². The number of aromatic nitrogens is 2. The lowest BCUT2D eigenvalue weighted by Gasteiger charge is -2.30. The number of carbonyl (C=O) groups excluding carboxylic acids is 2. The van der Waals surface area contributed by atoms with Crippen molar-refractivity contribution in [1.82, 2.24) is 19.0 Å². The Morgan fingerprint density at radius 1 is 1.14 bits per heavy atom. The minimum Gasteiger partial charge on any atom is -0.481 e. The van der Waals surface area contributed by atoms with Crippen molar-refractivity contribution in [3.05, 3.63) is 71.3 Å². The number of carboxylic acid groups (broad SMARTS) is 1. The van der Waals surface area contributed by atoms with Gasteiger partial charge >= 0.3 is 11.9 Å². The highest BCUT2D eigenvalue weighted by Gasteiger charge is 2.34. The van der Waals surface area contributed by atoms with Crippen molar-refractivity contribution < 1.29 is 32.6 Å². The van der Waals surface area contributed by atoms with Gasteiger partial charge in [-0.3, -0.25) is 19.3 Å². The summed E-state index contributed by atoms with van der Waals surface area (Å²) < 4.78 is 35.7. The van der Waals surface area contributed by atoms with E-state index in [-0.39, 0.29) is 53.8 Å². The molecule has 230 valence electrons. The predicted octanol–water partition coefficient (Wildman–Crippen LogP) is 4.18. The lowest BCUT2D eigenvalue weighted by molar-refractivity contribution is -0.149. The quantitative estimate of drug-likeness (QED) is 0.192. The normalized spacial score (nSPS) is 17.4. The minimum atomic E-state index is -3.87. The summed E-state index contributed by atoms with van der Waals surface area (Å²) in [6, 6.07) is 15.8. The third-order valence-electron chi connectivity index (χ3n) is 7.29. The van der Waals surface area contributed by atoms with Gasteiger partial charge in [-0.2, -0.15) is 9.40 Å². The summed E-state index contributed by atoms with van der Waals surface area (Å²) in [4.78, 5) is 38.0. The van der Waals surface area contributed by atoms with Gasteiger partial charge in [-0.25, -0.2) is 13.1 Å². The zero-order valence-corrected chi connectivity index (χ0v) is 26.2. The first kappa shape index (κ1) is 31.6. The van der Waals surface area contributed by atoms with E-state index >= 15 is 0 Å². The molecule has 44 heavy (non-hydrogen) atoms. The van der Waals surface area contributed by atoms with Gasteiger partial charge in [0.2, 0.25) is 10.0 Å². The van der Waals surface area contributed by atoms with E-state index in [0.717, 1.165) is 17.4 Å². The number of sulfonamides is 1. The molecule has 2 saturated heterocycles. The third kappa shape index (κ3) is 6.78. The summed E-state index contributed by atoms with van der Waals surface area (Å²) in [6.45, 7) is 2.39. The van der Waals surface area contributed by atoms with Crippen molar-refractivity contribution in [3.63, 3.8) is 0 Å². The number of thioether (sulfide) groups is 1. The van der Waals surface area contributed by atoms with Crippen molar-refractivity contribution in [1.29, 1.82) is 0 Å². The number of rotatable bonds is 10. The van der Waals surface area contributed by atoms with E-state index < -0.39 is 21.9 Å². The van der Waals surface area contributed by atoms with Gasteiger partial charge in [-0.05, 0) is 50.1 Å². The maximum Gasteiger partial charge on any atom is 0.309 e. The van der Waals surface area contributed by atoms with Crippen LogP contribution < -0.4 is 0 Å². The number of piperidine rings is 1. The van der Waals surface area contributed by atoms with Crippen molar-refractivity contribution in [2.24, 2.45) is 5.92 Å². The van der Waals surface area contributed by atoms with Crippen LogP contribution in [0.25, 0.3) is 23.0 Å². The molecule has 2 aliphatic heterocycles. The zero-order valence-electron chi connectivity index (χ0n) is 23.8. The SMILES string of the molecule is CCOC(=O)C1CCN(S(=O)(=O)c2cccc(-c3nn(-c4ccccc4)cc3/C=C3\SC(=S)N(CCC(=O)O)C3=O)c2)CC1. The van der Waals surface area contributed by atoms with Gasteiger partial charge in [0.05, 0.1) is 34.4 Å². The highest BCUT2D eigenvalue weighted by atomic mass is 32.2. The van der Waals surface area contributed by atoms with E-state index in [1.165, 1.54) is 15.3 Å². The molecule has 0 aliphatic carbocycles. The number of hydrogen-bond donors (Lipinski definition) is 1. The summed E-state index contributed by atoms with van der Waals surface area (Å²) in [5.74, 6) is -2.06. The Morgan fingerprint density at radius 2 is 1.86 bits per heavy atom. The summed E-state index contributed by atoms with van der Waals surface area (Å²) in [5.41, 5.74) is 2.28. The van der Waals surface area contributed by atoms with Crippen LogP contribution in [0.4, 0.5) is 0 Å². The Kier molecular flexibility index (Phi) is 9.63. The molecule has 0 spiro atoms. The molecule has 3 heterocycles. The first-order chi connectivity index (χ1) is 21.1. The Balaban J connectivity index is 1.47. The van der Waals surface area contributed by atoms with Crippen LogP contribution in [-0.2, 0) is 29.1 Å². The van der Waals surface area contributed by atoms with Crippen LogP contribution in [0.2, 0.25) is 0 Å². The number of ether oxygens (including phenoxy) is 1. The number of para-hydroxylation sites is 1. The molecule has 1 amide bonds. The molecule has 1 N–H and O–H groups in total. The van der Waals surface area contributed by atoms with Crippen LogP contribution >= 0.6 is 24.0 Å². The molecule has 0 bridgehead atoms. The second-order valence-electron chi connectivity index (χ2n) is 10.1. The first-order valence-corrected chi connectivity index (χ1v) is 16.6. The third-order valence-corrected chi connectivity index (χ3v) is 10.6. The summed E-state index contributed by atoms with van der Waals surface area (Å²) in [7, 11) is -3.87. The van der Waals surface area contributed by atoms with E-state index in [2.05, 4.69) is 0 Å². The molecule has 5 rings (SSSR count). The predicted molar refractivity (Wildman–Crippen MR) is 169 cm³/mol. The highest BCUT2D eigenvalue weighted by Crippen LogP contribution is 2.36. The fourth-order valence-corrected chi connectivity index (χ4v) is 7.83. The number of hydrogen-bond acceptors (Lipinski definition) is 9. The topological polar surface area (TPSA) is 139 Å². The number of benzene rings is 2. The second-order valence-corrected chi connectivity index (χ2v) is 13.8. The zero-order chi connectivity index (χ0) is 31.4. The summed E-state index contributed by atoms with van der Waals surface area (Å²) >= 11 is 6.41. The smallest absolute Gasteiger partial charge is 0.309 e. The van der Waals surface area contributed by atoms with Gasteiger partial charge in [-0.15, -0.1) is 0 Å². The Hall–Kier alpha value is -3.85. The molecule has 0 atom stereocenters. The van der Waals surface area contributed by atoms with Gasteiger partial charge < -0.3 is 9.84 Å². The molecular formula is C30H30N4O7S3. The maximum atomic E-state index is 13.7. The van der Waals surface area contributed by atoms with Crippen LogP contribution in [0.1, 0.15) is 31.7 Å². The molecule has 2 aliphatic rings. The number of esters is 1. The van der Waals surface area contributed by atoms with Crippen molar-refractivity contribution in [3.8, 4) is 16.9 Å². The molecule has 2 fully saturated rings. The first-order valence-electron chi connectivity index (χ1n) is 14.0. The molecule has 1 aromatic heterocycles. The number of aliphatic carboxylic acids is 1. The monoisotopic (exact) mass is 654 g/mol. The van der Waals surface area contributed by atoms with E-state index in [1.807, 2.05) is 30.3 Å². The Labute approximate surface area is 264 Å². The van der Waals surface area contributed by atoms with Gasteiger partial charge in [0.25, 0.3) is 5.91 Å². The summed E-state index contributed by atoms with van der Waals surface area (Å²) in [6.07, 6.45) is 3.92. The average molecular weight is 655 g/mol. The Morgan fingerprint density at radius 3 is 2.55 bits per heavy atom. The molecule has 2 aromatic carbocycles. The molecule has 11 nitrogen and oxygen atoms in total. The van der Waals surface area contributed by atoms with E-state index in [4.69, 9.17) is 27.2 Å². The van der Waals surface area contributed by atoms with Crippen LogP contribution in [0.3, 0.4) is 0 Å². The molecule has 0 radical (unpaired) electrons. The molecular weight excluding hydrogens is 625 g/mol. The van der Waals surface area contributed by atoms with Gasteiger partial charge in [0, 0.05) is 37.0 Å². The van der Waals surface area contributed by atoms with Crippen LogP contribution in [0.5, 0.6) is 0 Å². The molecule has 0 unspecified atom stereocenters. The number of nitrogens with zero attached hydrogens (tertiary/aromatic N) is 4. The molecule has 3 aromatic rings. The molecule has 14 heteroatoms. The minimum absolute atomic E-state index is 0.0373. The number of amides is 1. The fraction of sp³-hybridized carbons (Fsp3) is 0.300. The van der Waals surface area contributed by atoms with Crippen molar-refractivity contribution in [2.75, 3.05) is 26.2 Å². The standard InChI is InChI=1S/C30H30N4O7S3/c1-2-41-29(38)20-11-14-32(15-12-20)44(39,40)24-10-6-7-21(17-24)27-22(19-34(31-27)23-8-4-3-5-9-23)18-25-28(37)33(30(42)43-25)16-13-26(35)36/h3-10,17-20H,2,11-16H2,1H3,(H,35,36)/b25-18-. The number of thiocarbonyl (C=S) groups is 1. The van der Waals surface area contributed by atoms with Gasteiger partial charge in [-0.1, -0.05) is 54.3 Å². The van der Waals surface area contributed by atoms with E-state index in [1.54, 1.807) is 42.1 Å². The summed E-state index contributed by atoms with van der Waals surface area (Å²) in [5, 5.41) is 13.8. The average Bonchev–Trinajstić information content (AvgIpc) is 3.56. The Bertz CT molecular complexity index is 1730. The van der Waals surface area contributed by atoms with Gasteiger partial charge in [0.15, 0.2) is 0 Å². The molecule has 0 saturated carbocycles. The van der Waals surface area contributed by atoms with Gasteiger partial charge in [0.1, 0.15) is 10.0 Å². The highest BCUT2D eigenvalue weighted by molar-refractivity contribution is 8.26. The van der Waals surface area contributed by atoms with Crippen molar-refractivity contribution in [2.45, 2.75) is 31.1 Å². The van der Waals surface area contributed by atoms with E-state index in [0.29, 0.717) is 34.6 Å². The number of carbonyl (C=O) groups is 3. The maximum absolute atomic E-state index is 13.7. The van der Waals surface area contributed by atoms with Crippen molar-refractivity contribution >= 4 is 62.2 Å². The number of carboxylic acids is 1. The lowest BCUT2D eigenvalue weighted by atomic mass is 9.98.